The number of hydrogen-bond acceptors (Lipinski definition) is 4. The second-order valence-electron chi connectivity index (χ2n) is 4.61. The van der Waals surface area contributed by atoms with Crippen molar-refractivity contribution in [3.05, 3.63) is 59.4 Å². The van der Waals surface area contributed by atoms with Gasteiger partial charge in [0.15, 0.2) is 11.5 Å². The molecule has 0 aliphatic heterocycles. The summed E-state index contributed by atoms with van der Waals surface area (Å²) in [6, 6.07) is 13.0. The molecule has 0 atom stereocenters. The average molecular weight is 317 g/mol. The van der Waals surface area contributed by atoms with Gasteiger partial charge in [-0.2, -0.15) is 5.10 Å². The standard InChI is InChI=1S/C15H13ClN4O2/c16-12-6-7-14-17-13(8-20(14)19-12)18-15(21)10-22-9-11-4-2-1-3-5-11/h1-8H,9-10H2,(H,18,21). The molecule has 2 aromatic heterocycles. The van der Waals surface area contributed by atoms with Crippen LogP contribution in [0.1, 0.15) is 5.56 Å². The van der Waals surface area contributed by atoms with E-state index in [-0.39, 0.29) is 12.5 Å². The highest BCUT2D eigenvalue weighted by Gasteiger charge is 2.07. The van der Waals surface area contributed by atoms with Crippen molar-refractivity contribution in [1.82, 2.24) is 14.6 Å². The fraction of sp³-hybridized carbons (Fsp3) is 0.133. The zero-order valence-electron chi connectivity index (χ0n) is 11.6. The Morgan fingerprint density at radius 2 is 2.05 bits per heavy atom. The Morgan fingerprint density at radius 1 is 1.23 bits per heavy atom. The summed E-state index contributed by atoms with van der Waals surface area (Å²) in [5.74, 6) is 0.133. The van der Waals surface area contributed by atoms with Crippen LogP contribution in [0.5, 0.6) is 0 Å². The van der Waals surface area contributed by atoms with E-state index in [2.05, 4.69) is 15.4 Å². The van der Waals surface area contributed by atoms with Gasteiger partial charge in [-0.05, 0) is 17.7 Å². The molecule has 22 heavy (non-hydrogen) atoms. The summed E-state index contributed by atoms with van der Waals surface area (Å²) in [6.45, 7) is 0.341. The number of imidazole rings is 1. The van der Waals surface area contributed by atoms with E-state index in [0.717, 1.165) is 5.56 Å². The molecule has 0 fully saturated rings. The van der Waals surface area contributed by atoms with E-state index in [4.69, 9.17) is 16.3 Å². The lowest BCUT2D eigenvalue weighted by Crippen LogP contribution is -2.18. The minimum absolute atomic E-state index is 0.0447. The summed E-state index contributed by atoms with van der Waals surface area (Å²) in [7, 11) is 0. The molecule has 0 unspecified atom stereocenters. The first-order valence-electron chi connectivity index (χ1n) is 6.64. The van der Waals surface area contributed by atoms with E-state index in [9.17, 15) is 4.79 Å². The Morgan fingerprint density at radius 3 is 2.86 bits per heavy atom. The lowest BCUT2D eigenvalue weighted by molar-refractivity contribution is -0.121. The topological polar surface area (TPSA) is 68.5 Å². The maximum absolute atomic E-state index is 11.8. The highest BCUT2D eigenvalue weighted by molar-refractivity contribution is 6.29. The highest BCUT2D eigenvalue weighted by Crippen LogP contribution is 2.11. The van der Waals surface area contributed by atoms with Gasteiger partial charge < -0.3 is 10.1 Å². The monoisotopic (exact) mass is 316 g/mol. The van der Waals surface area contributed by atoms with Crippen molar-refractivity contribution in [3.8, 4) is 0 Å². The number of nitrogens with zero attached hydrogens (tertiary/aromatic N) is 3. The molecule has 0 bridgehead atoms. The Bertz CT molecular complexity index is 789. The Labute approximate surface area is 131 Å². The van der Waals surface area contributed by atoms with Crippen LogP contribution in [0.4, 0.5) is 5.82 Å². The molecule has 3 rings (SSSR count). The summed E-state index contributed by atoms with van der Waals surface area (Å²) in [5.41, 5.74) is 1.62. The zero-order chi connectivity index (χ0) is 15.4. The molecule has 6 nitrogen and oxygen atoms in total. The van der Waals surface area contributed by atoms with Gasteiger partial charge in [0.2, 0.25) is 0 Å². The lowest BCUT2D eigenvalue weighted by Gasteiger charge is -2.04. The van der Waals surface area contributed by atoms with Gasteiger partial charge in [0.05, 0.1) is 12.8 Å². The molecule has 0 radical (unpaired) electrons. The van der Waals surface area contributed by atoms with Gasteiger partial charge >= 0.3 is 0 Å². The van der Waals surface area contributed by atoms with Crippen LogP contribution in [0.25, 0.3) is 5.65 Å². The van der Waals surface area contributed by atoms with E-state index in [1.807, 2.05) is 30.3 Å². The number of carbonyl (C=O) groups excluding carboxylic acids is 1. The summed E-state index contributed by atoms with van der Waals surface area (Å²) in [6.07, 6.45) is 1.59. The number of fused-ring (bicyclic) bond motifs is 1. The van der Waals surface area contributed by atoms with Crippen LogP contribution in [0.3, 0.4) is 0 Å². The molecule has 3 aromatic rings. The van der Waals surface area contributed by atoms with Crippen LogP contribution >= 0.6 is 11.6 Å². The predicted molar refractivity (Wildman–Crippen MR) is 82.7 cm³/mol. The number of ether oxygens (including phenoxy) is 1. The second kappa shape index (κ2) is 6.55. The van der Waals surface area contributed by atoms with Gasteiger partial charge in [-0.3, -0.25) is 4.79 Å². The summed E-state index contributed by atoms with van der Waals surface area (Å²) < 4.78 is 6.87. The van der Waals surface area contributed by atoms with Gasteiger partial charge in [0.1, 0.15) is 11.8 Å². The number of amides is 1. The Kier molecular flexibility index (Phi) is 4.32. The molecule has 0 aliphatic carbocycles. The maximum atomic E-state index is 11.8. The second-order valence-corrected chi connectivity index (χ2v) is 5.00. The fourth-order valence-corrected chi connectivity index (χ4v) is 2.08. The predicted octanol–water partition coefficient (Wildman–Crippen LogP) is 2.54. The number of halogens is 1. The smallest absolute Gasteiger partial charge is 0.251 e. The number of rotatable bonds is 5. The number of nitrogens with one attached hydrogen (secondary N) is 1. The molecule has 112 valence electrons. The van der Waals surface area contributed by atoms with E-state index in [1.54, 1.807) is 18.3 Å². The molecule has 0 aliphatic rings. The largest absolute Gasteiger partial charge is 0.367 e. The average Bonchev–Trinajstić information content (AvgIpc) is 2.89. The molecule has 7 heteroatoms. The number of aromatic nitrogens is 3. The molecule has 0 spiro atoms. The SMILES string of the molecule is O=C(COCc1ccccc1)Nc1cn2nc(Cl)ccc2n1. The molecule has 2 heterocycles. The van der Waals surface area contributed by atoms with Gasteiger partial charge in [-0.25, -0.2) is 9.50 Å². The minimum Gasteiger partial charge on any atom is -0.367 e. The van der Waals surface area contributed by atoms with Crippen LogP contribution in [-0.4, -0.2) is 27.1 Å². The van der Waals surface area contributed by atoms with Gasteiger partial charge in [-0.1, -0.05) is 41.9 Å². The molecule has 1 N–H and O–H groups in total. The van der Waals surface area contributed by atoms with E-state index < -0.39 is 0 Å². The number of benzene rings is 1. The number of carbonyl (C=O) groups is 1. The first kappa shape index (κ1) is 14.5. The molecule has 0 saturated carbocycles. The minimum atomic E-state index is -0.273. The van der Waals surface area contributed by atoms with Crippen molar-refractivity contribution >= 4 is 29.0 Å². The molecule has 0 saturated heterocycles. The summed E-state index contributed by atoms with van der Waals surface area (Å²) in [5, 5.41) is 7.06. The van der Waals surface area contributed by atoms with Gasteiger partial charge in [0, 0.05) is 0 Å². The molecule has 1 amide bonds. The third-order valence-electron chi connectivity index (χ3n) is 2.90. The Balaban J connectivity index is 1.54. The van der Waals surface area contributed by atoms with Crippen LogP contribution in [0.15, 0.2) is 48.7 Å². The zero-order valence-corrected chi connectivity index (χ0v) is 12.3. The third kappa shape index (κ3) is 3.60. The highest BCUT2D eigenvalue weighted by atomic mass is 35.5. The molecular weight excluding hydrogens is 304 g/mol. The van der Waals surface area contributed by atoms with Crippen LogP contribution in [-0.2, 0) is 16.1 Å². The molecular formula is C15H13ClN4O2. The van der Waals surface area contributed by atoms with Crippen LogP contribution in [0.2, 0.25) is 5.15 Å². The number of hydrogen-bond donors (Lipinski definition) is 1. The van der Waals surface area contributed by atoms with Crippen molar-refractivity contribution in [3.63, 3.8) is 0 Å². The molecule has 1 aromatic carbocycles. The van der Waals surface area contributed by atoms with E-state index >= 15 is 0 Å². The number of anilines is 1. The first-order valence-corrected chi connectivity index (χ1v) is 7.02. The van der Waals surface area contributed by atoms with Crippen LogP contribution < -0.4 is 5.32 Å². The first-order chi connectivity index (χ1) is 10.7. The van der Waals surface area contributed by atoms with Gasteiger partial charge in [-0.15, -0.1) is 0 Å². The van der Waals surface area contributed by atoms with Crippen molar-refractivity contribution in [2.24, 2.45) is 0 Å². The quantitative estimate of drug-likeness (QED) is 0.785. The fourth-order valence-electron chi connectivity index (χ4n) is 1.93. The summed E-state index contributed by atoms with van der Waals surface area (Å²) >= 11 is 5.79. The normalized spacial score (nSPS) is 10.8. The van der Waals surface area contributed by atoms with E-state index in [1.165, 1.54) is 4.52 Å². The lowest BCUT2D eigenvalue weighted by atomic mass is 10.2. The Hall–Kier alpha value is -2.44. The maximum Gasteiger partial charge on any atom is 0.251 e. The van der Waals surface area contributed by atoms with Gasteiger partial charge in [0.25, 0.3) is 5.91 Å². The van der Waals surface area contributed by atoms with Crippen LogP contribution in [0, 0.1) is 0 Å². The third-order valence-corrected chi connectivity index (χ3v) is 3.10. The van der Waals surface area contributed by atoms with Crippen molar-refractivity contribution in [2.75, 3.05) is 11.9 Å². The van der Waals surface area contributed by atoms with Crippen molar-refractivity contribution < 1.29 is 9.53 Å². The van der Waals surface area contributed by atoms with E-state index in [0.29, 0.717) is 23.2 Å². The van der Waals surface area contributed by atoms with Crippen molar-refractivity contribution in [2.45, 2.75) is 6.61 Å². The summed E-state index contributed by atoms with van der Waals surface area (Å²) in [4.78, 5) is 16.0. The van der Waals surface area contributed by atoms with Crippen molar-refractivity contribution in [1.29, 1.82) is 0 Å².